The van der Waals surface area contributed by atoms with E-state index in [9.17, 15) is 22.8 Å². The van der Waals surface area contributed by atoms with Crippen LogP contribution in [-0.2, 0) is 17.5 Å². The van der Waals surface area contributed by atoms with Crippen LogP contribution in [0, 0.1) is 0 Å². The van der Waals surface area contributed by atoms with Gasteiger partial charge in [-0.25, -0.2) is 4.98 Å². The van der Waals surface area contributed by atoms with Crippen molar-refractivity contribution in [3.63, 3.8) is 0 Å². The first kappa shape index (κ1) is 22.9. The number of imidazole rings is 1. The van der Waals surface area contributed by atoms with Crippen molar-refractivity contribution in [2.24, 2.45) is 0 Å². The third-order valence-electron chi connectivity index (χ3n) is 4.62. The van der Waals surface area contributed by atoms with Gasteiger partial charge in [0, 0.05) is 50.7 Å². The quantitative estimate of drug-likeness (QED) is 0.570. The minimum Gasteiger partial charge on any atom is -0.376 e. The zero-order chi connectivity index (χ0) is 23.3. The van der Waals surface area contributed by atoms with E-state index in [0.29, 0.717) is 17.9 Å². The molecule has 2 amide bonds. The lowest BCUT2D eigenvalue weighted by molar-refractivity contribution is -0.137. The number of aryl methyl sites for hydroxylation is 1. The number of nitrogens with one attached hydrogen (secondary N) is 2. The summed E-state index contributed by atoms with van der Waals surface area (Å²) in [4.78, 5) is 30.4. The van der Waals surface area contributed by atoms with E-state index in [1.54, 1.807) is 54.4 Å². The van der Waals surface area contributed by atoms with E-state index >= 15 is 0 Å². The molecule has 1 aromatic heterocycles. The molecule has 7 nitrogen and oxygen atoms in total. The zero-order valence-corrected chi connectivity index (χ0v) is 17.5. The molecule has 0 saturated heterocycles. The van der Waals surface area contributed by atoms with Gasteiger partial charge in [0.25, 0.3) is 5.91 Å². The highest BCUT2D eigenvalue weighted by atomic mass is 19.4. The number of amides is 2. The first-order chi connectivity index (χ1) is 15.1. The van der Waals surface area contributed by atoms with E-state index in [4.69, 9.17) is 0 Å². The topological polar surface area (TPSA) is 79.3 Å². The van der Waals surface area contributed by atoms with Crippen molar-refractivity contribution in [3.8, 4) is 0 Å². The van der Waals surface area contributed by atoms with Crippen LogP contribution in [0.15, 0.2) is 61.2 Å². The molecule has 10 heteroatoms. The molecule has 3 aromatic rings. The SMILES string of the molecule is CN(C)c1ccc(C(F)(F)F)cc1NC(=O)c1cccc(NC(=O)CCn2ccnc2)c1. The number of rotatable bonds is 7. The first-order valence-corrected chi connectivity index (χ1v) is 9.69. The number of carbonyl (C=O) groups excluding carboxylic acids is 2. The van der Waals surface area contributed by atoms with Crippen LogP contribution in [0.1, 0.15) is 22.3 Å². The summed E-state index contributed by atoms with van der Waals surface area (Å²) in [5.41, 5.74) is 0.196. The molecule has 3 rings (SSSR count). The molecule has 2 aromatic carbocycles. The lowest BCUT2D eigenvalue weighted by Crippen LogP contribution is -2.18. The van der Waals surface area contributed by atoms with E-state index < -0.39 is 17.6 Å². The fraction of sp³-hybridized carbons (Fsp3) is 0.227. The van der Waals surface area contributed by atoms with Gasteiger partial charge in [0.15, 0.2) is 0 Å². The smallest absolute Gasteiger partial charge is 0.376 e. The molecule has 0 atom stereocenters. The van der Waals surface area contributed by atoms with Crippen molar-refractivity contribution in [3.05, 3.63) is 72.3 Å². The molecule has 0 aliphatic heterocycles. The van der Waals surface area contributed by atoms with Crippen molar-refractivity contribution < 1.29 is 22.8 Å². The molecule has 0 aliphatic carbocycles. The largest absolute Gasteiger partial charge is 0.416 e. The van der Waals surface area contributed by atoms with Gasteiger partial charge >= 0.3 is 6.18 Å². The second-order valence-electron chi connectivity index (χ2n) is 7.26. The Kier molecular flexibility index (Phi) is 6.82. The van der Waals surface area contributed by atoms with Gasteiger partial charge in [0.2, 0.25) is 5.91 Å². The van der Waals surface area contributed by atoms with E-state index in [1.807, 2.05) is 0 Å². The molecule has 168 valence electrons. The summed E-state index contributed by atoms with van der Waals surface area (Å²) >= 11 is 0. The summed E-state index contributed by atoms with van der Waals surface area (Å²) in [6.07, 6.45) is 0.641. The molecule has 32 heavy (non-hydrogen) atoms. The number of benzene rings is 2. The number of aromatic nitrogens is 2. The van der Waals surface area contributed by atoms with Gasteiger partial charge in [-0.1, -0.05) is 6.07 Å². The van der Waals surface area contributed by atoms with Gasteiger partial charge in [0.1, 0.15) is 0 Å². The second kappa shape index (κ2) is 9.54. The molecular weight excluding hydrogens is 423 g/mol. The maximum atomic E-state index is 13.1. The van der Waals surface area contributed by atoms with Crippen molar-refractivity contribution >= 4 is 28.9 Å². The zero-order valence-electron chi connectivity index (χ0n) is 17.5. The fourth-order valence-corrected chi connectivity index (χ4v) is 3.01. The number of anilines is 3. The molecule has 0 saturated carbocycles. The predicted octanol–water partition coefficient (Wildman–Crippen LogP) is 4.25. The summed E-state index contributed by atoms with van der Waals surface area (Å²) in [5.74, 6) is -0.842. The molecule has 2 N–H and O–H groups in total. The van der Waals surface area contributed by atoms with Gasteiger partial charge in [-0.05, 0) is 36.4 Å². The Balaban J connectivity index is 1.72. The monoisotopic (exact) mass is 445 g/mol. The maximum absolute atomic E-state index is 13.1. The van der Waals surface area contributed by atoms with Crippen LogP contribution in [0.25, 0.3) is 0 Å². The summed E-state index contributed by atoms with van der Waals surface area (Å²) < 4.78 is 41.1. The Morgan fingerprint density at radius 2 is 1.88 bits per heavy atom. The standard InChI is InChI=1S/C22H22F3N5O2/c1-29(2)19-7-6-16(22(23,24)25)13-18(19)28-21(32)15-4-3-5-17(12-15)27-20(31)8-10-30-11-9-26-14-30/h3-7,9,11-14H,8,10H2,1-2H3,(H,27,31)(H,28,32). The Hall–Kier alpha value is -3.82. The lowest BCUT2D eigenvalue weighted by Gasteiger charge is -2.20. The fourth-order valence-electron chi connectivity index (χ4n) is 3.01. The van der Waals surface area contributed by atoms with E-state index in [2.05, 4.69) is 15.6 Å². The third kappa shape index (κ3) is 5.87. The highest BCUT2D eigenvalue weighted by molar-refractivity contribution is 6.07. The summed E-state index contributed by atoms with van der Waals surface area (Å²) in [5, 5.41) is 5.25. The van der Waals surface area contributed by atoms with Crippen LogP contribution in [-0.4, -0.2) is 35.5 Å². The van der Waals surface area contributed by atoms with Gasteiger partial charge in [-0.2, -0.15) is 13.2 Å². The summed E-state index contributed by atoms with van der Waals surface area (Å²) in [6.45, 7) is 0.453. The Morgan fingerprint density at radius 1 is 1.09 bits per heavy atom. The highest BCUT2D eigenvalue weighted by Gasteiger charge is 2.31. The average Bonchev–Trinajstić information content (AvgIpc) is 3.25. The number of alkyl halides is 3. The number of carbonyl (C=O) groups is 2. The van der Waals surface area contributed by atoms with Crippen molar-refractivity contribution in [1.82, 2.24) is 9.55 Å². The van der Waals surface area contributed by atoms with E-state index in [1.165, 1.54) is 18.2 Å². The van der Waals surface area contributed by atoms with Crippen LogP contribution >= 0.6 is 0 Å². The number of hydrogen-bond donors (Lipinski definition) is 2. The molecular formula is C22H22F3N5O2. The number of halogens is 3. The summed E-state index contributed by atoms with van der Waals surface area (Å²) in [7, 11) is 3.33. The van der Waals surface area contributed by atoms with Crippen LogP contribution in [0.3, 0.4) is 0 Å². The molecule has 0 unspecified atom stereocenters. The van der Waals surface area contributed by atoms with Crippen LogP contribution in [0.2, 0.25) is 0 Å². The van der Waals surface area contributed by atoms with E-state index in [-0.39, 0.29) is 23.6 Å². The normalized spacial score (nSPS) is 11.2. The highest BCUT2D eigenvalue weighted by Crippen LogP contribution is 2.35. The third-order valence-corrected chi connectivity index (χ3v) is 4.62. The minimum atomic E-state index is -4.54. The maximum Gasteiger partial charge on any atom is 0.416 e. The van der Waals surface area contributed by atoms with Crippen molar-refractivity contribution in [2.75, 3.05) is 29.6 Å². The molecule has 0 bridgehead atoms. The number of nitrogens with zero attached hydrogens (tertiary/aromatic N) is 3. The molecule has 0 aliphatic rings. The minimum absolute atomic E-state index is 0.0320. The van der Waals surface area contributed by atoms with Gasteiger partial charge in [-0.15, -0.1) is 0 Å². The van der Waals surface area contributed by atoms with Crippen molar-refractivity contribution in [1.29, 1.82) is 0 Å². The molecule has 1 heterocycles. The summed E-state index contributed by atoms with van der Waals surface area (Å²) in [6, 6.07) is 9.35. The van der Waals surface area contributed by atoms with Gasteiger partial charge < -0.3 is 20.1 Å². The Morgan fingerprint density at radius 3 is 2.53 bits per heavy atom. The van der Waals surface area contributed by atoms with Crippen molar-refractivity contribution in [2.45, 2.75) is 19.1 Å². The van der Waals surface area contributed by atoms with Crippen LogP contribution in [0.4, 0.5) is 30.2 Å². The van der Waals surface area contributed by atoms with Gasteiger partial charge in [-0.3, -0.25) is 9.59 Å². The molecule has 0 spiro atoms. The average molecular weight is 445 g/mol. The predicted molar refractivity (Wildman–Crippen MR) is 116 cm³/mol. The van der Waals surface area contributed by atoms with Crippen LogP contribution < -0.4 is 15.5 Å². The Labute approximate surface area is 182 Å². The lowest BCUT2D eigenvalue weighted by atomic mass is 10.1. The number of hydrogen-bond acceptors (Lipinski definition) is 4. The van der Waals surface area contributed by atoms with Crippen LogP contribution in [0.5, 0.6) is 0 Å². The molecule has 0 radical (unpaired) electrons. The second-order valence-corrected chi connectivity index (χ2v) is 7.26. The first-order valence-electron chi connectivity index (χ1n) is 9.69. The Bertz CT molecular complexity index is 1100. The molecule has 0 fully saturated rings. The van der Waals surface area contributed by atoms with Gasteiger partial charge in [0.05, 0.1) is 23.3 Å². The van der Waals surface area contributed by atoms with E-state index in [0.717, 1.165) is 12.1 Å².